The second-order valence-electron chi connectivity index (χ2n) is 7.63. The maximum absolute atomic E-state index is 12.8. The van der Waals surface area contributed by atoms with Gasteiger partial charge in [-0.3, -0.25) is 9.59 Å². The number of rotatable bonds is 5. The number of amides is 2. The minimum absolute atomic E-state index is 0.159. The molecule has 1 aliphatic rings. The molecule has 6 heteroatoms. The van der Waals surface area contributed by atoms with E-state index < -0.39 is 5.91 Å². The molecule has 0 radical (unpaired) electrons. The minimum Gasteiger partial charge on any atom is -0.464 e. The van der Waals surface area contributed by atoms with Crippen molar-refractivity contribution < 1.29 is 14.0 Å². The SMILES string of the molecule is Cc1ccc2c(CC(=O)Nc3cc(C(N)=O)ccc3N3CCCCC3)coc2c1. The molecule has 1 saturated heterocycles. The number of furan rings is 1. The fourth-order valence-corrected chi connectivity index (χ4v) is 3.89. The Bertz CT molecular complexity index is 1060. The van der Waals surface area contributed by atoms with Crippen LogP contribution in [0.5, 0.6) is 0 Å². The minimum atomic E-state index is -0.512. The highest BCUT2D eigenvalue weighted by molar-refractivity contribution is 6.01. The average Bonchev–Trinajstić information content (AvgIpc) is 3.10. The summed E-state index contributed by atoms with van der Waals surface area (Å²) in [6.45, 7) is 3.87. The van der Waals surface area contributed by atoms with Crippen molar-refractivity contribution in [3.8, 4) is 0 Å². The molecule has 1 aliphatic heterocycles. The molecule has 3 aromatic rings. The van der Waals surface area contributed by atoms with Crippen LogP contribution in [0, 0.1) is 6.92 Å². The van der Waals surface area contributed by atoms with Crippen LogP contribution in [0.15, 0.2) is 47.1 Å². The number of carbonyl (C=O) groups excluding carboxylic acids is 2. The topological polar surface area (TPSA) is 88.6 Å². The molecule has 29 heavy (non-hydrogen) atoms. The Labute approximate surface area is 169 Å². The van der Waals surface area contributed by atoms with E-state index in [1.54, 1.807) is 18.4 Å². The van der Waals surface area contributed by atoms with Gasteiger partial charge in [-0.15, -0.1) is 0 Å². The van der Waals surface area contributed by atoms with E-state index in [9.17, 15) is 9.59 Å². The first-order chi connectivity index (χ1) is 14.0. The van der Waals surface area contributed by atoms with Gasteiger partial charge in [0.25, 0.3) is 0 Å². The number of anilines is 2. The lowest BCUT2D eigenvalue weighted by atomic mass is 10.1. The van der Waals surface area contributed by atoms with Crippen LogP contribution in [-0.4, -0.2) is 24.9 Å². The summed E-state index contributed by atoms with van der Waals surface area (Å²) in [4.78, 5) is 26.7. The normalized spacial score (nSPS) is 14.2. The molecule has 0 saturated carbocycles. The third-order valence-corrected chi connectivity index (χ3v) is 5.41. The molecule has 0 bridgehead atoms. The lowest BCUT2D eigenvalue weighted by molar-refractivity contribution is -0.115. The van der Waals surface area contributed by atoms with Gasteiger partial charge < -0.3 is 20.4 Å². The number of primary amides is 1. The van der Waals surface area contributed by atoms with Crippen molar-refractivity contribution in [3.63, 3.8) is 0 Å². The molecule has 0 unspecified atom stereocenters. The van der Waals surface area contributed by atoms with Crippen LogP contribution in [0.4, 0.5) is 11.4 Å². The summed E-state index contributed by atoms with van der Waals surface area (Å²) < 4.78 is 5.60. The van der Waals surface area contributed by atoms with Crippen LogP contribution < -0.4 is 16.0 Å². The van der Waals surface area contributed by atoms with E-state index in [2.05, 4.69) is 10.2 Å². The van der Waals surface area contributed by atoms with Gasteiger partial charge in [-0.1, -0.05) is 12.1 Å². The highest BCUT2D eigenvalue weighted by atomic mass is 16.3. The zero-order valence-corrected chi connectivity index (χ0v) is 16.5. The van der Waals surface area contributed by atoms with Crippen LogP contribution >= 0.6 is 0 Å². The highest BCUT2D eigenvalue weighted by Crippen LogP contribution is 2.30. The zero-order chi connectivity index (χ0) is 20.4. The van der Waals surface area contributed by atoms with Crippen molar-refractivity contribution in [3.05, 3.63) is 59.4 Å². The molecule has 0 spiro atoms. The number of aryl methyl sites for hydroxylation is 1. The quantitative estimate of drug-likeness (QED) is 0.688. The first kappa shape index (κ1) is 19.1. The van der Waals surface area contributed by atoms with E-state index in [1.807, 2.05) is 31.2 Å². The van der Waals surface area contributed by atoms with Crippen molar-refractivity contribution in [2.24, 2.45) is 5.73 Å². The molecule has 4 rings (SSSR count). The number of fused-ring (bicyclic) bond motifs is 1. The Hall–Kier alpha value is -3.28. The molecule has 150 valence electrons. The summed E-state index contributed by atoms with van der Waals surface area (Å²) in [7, 11) is 0. The summed E-state index contributed by atoms with van der Waals surface area (Å²) in [5.74, 6) is -0.671. The van der Waals surface area contributed by atoms with Crippen molar-refractivity contribution in [1.29, 1.82) is 0 Å². The molecule has 0 aliphatic carbocycles. The zero-order valence-electron chi connectivity index (χ0n) is 16.5. The Morgan fingerprint density at radius 1 is 1.10 bits per heavy atom. The molecular formula is C23H25N3O3. The van der Waals surface area contributed by atoms with Crippen molar-refractivity contribution >= 4 is 34.2 Å². The van der Waals surface area contributed by atoms with Crippen molar-refractivity contribution in [1.82, 2.24) is 0 Å². The fourth-order valence-electron chi connectivity index (χ4n) is 3.89. The molecule has 1 fully saturated rings. The largest absolute Gasteiger partial charge is 0.464 e. The van der Waals surface area contributed by atoms with E-state index in [-0.39, 0.29) is 12.3 Å². The second kappa shape index (κ2) is 7.99. The van der Waals surface area contributed by atoms with Gasteiger partial charge in [-0.25, -0.2) is 0 Å². The summed E-state index contributed by atoms with van der Waals surface area (Å²) in [5.41, 5.74) is 10.1. The van der Waals surface area contributed by atoms with E-state index >= 15 is 0 Å². The van der Waals surface area contributed by atoms with Crippen LogP contribution in [-0.2, 0) is 11.2 Å². The second-order valence-corrected chi connectivity index (χ2v) is 7.63. The van der Waals surface area contributed by atoms with Crippen LogP contribution in [0.1, 0.15) is 40.7 Å². The van der Waals surface area contributed by atoms with Gasteiger partial charge in [0.2, 0.25) is 11.8 Å². The molecule has 2 aromatic carbocycles. The maximum atomic E-state index is 12.8. The van der Waals surface area contributed by atoms with Crippen molar-refractivity contribution in [2.45, 2.75) is 32.6 Å². The molecule has 2 amide bonds. The van der Waals surface area contributed by atoms with Gasteiger partial charge in [0.05, 0.1) is 24.1 Å². The van der Waals surface area contributed by atoms with E-state index in [4.69, 9.17) is 10.2 Å². The van der Waals surface area contributed by atoms with Crippen LogP contribution in [0.2, 0.25) is 0 Å². The maximum Gasteiger partial charge on any atom is 0.248 e. The molecule has 3 N–H and O–H groups in total. The summed E-state index contributed by atoms with van der Waals surface area (Å²) in [6.07, 6.45) is 5.27. The van der Waals surface area contributed by atoms with Crippen LogP contribution in [0.3, 0.4) is 0 Å². The number of piperidine rings is 1. The van der Waals surface area contributed by atoms with E-state index in [1.165, 1.54) is 6.42 Å². The number of carbonyl (C=O) groups is 2. The Morgan fingerprint density at radius 2 is 1.90 bits per heavy atom. The predicted octanol–water partition coefficient (Wildman–Crippen LogP) is 4.01. The monoisotopic (exact) mass is 391 g/mol. The number of nitrogens with zero attached hydrogens (tertiary/aromatic N) is 1. The van der Waals surface area contributed by atoms with Gasteiger partial charge >= 0.3 is 0 Å². The van der Waals surface area contributed by atoms with Gasteiger partial charge in [0.15, 0.2) is 0 Å². The summed E-state index contributed by atoms with van der Waals surface area (Å²) in [5, 5.41) is 3.93. The van der Waals surface area contributed by atoms with Gasteiger partial charge in [-0.2, -0.15) is 0 Å². The summed E-state index contributed by atoms with van der Waals surface area (Å²) in [6, 6.07) is 11.2. The lowest BCUT2D eigenvalue weighted by Gasteiger charge is -2.30. The number of nitrogens with two attached hydrogens (primary N) is 1. The number of benzene rings is 2. The number of hydrogen-bond acceptors (Lipinski definition) is 4. The number of nitrogens with one attached hydrogen (secondary N) is 1. The van der Waals surface area contributed by atoms with E-state index in [0.717, 1.165) is 53.7 Å². The van der Waals surface area contributed by atoms with Gasteiger partial charge in [-0.05, 0) is 56.0 Å². The molecule has 1 aromatic heterocycles. The molecule has 2 heterocycles. The average molecular weight is 391 g/mol. The Balaban J connectivity index is 1.58. The van der Waals surface area contributed by atoms with E-state index in [0.29, 0.717) is 11.3 Å². The first-order valence-electron chi connectivity index (χ1n) is 9.96. The van der Waals surface area contributed by atoms with Crippen molar-refractivity contribution in [2.75, 3.05) is 23.3 Å². The fraction of sp³-hybridized carbons (Fsp3) is 0.304. The molecule has 0 atom stereocenters. The lowest BCUT2D eigenvalue weighted by Crippen LogP contribution is -2.30. The van der Waals surface area contributed by atoms with Crippen LogP contribution in [0.25, 0.3) is 11.0 Å². The third-order valence-electron chi connectivity index (χ3n) is 5.41. The Kier molecular flexibility index (Phi) is 5.25. The smallest absolute Gasteiger partial charge is 0.248 e. The molecular weight excluding hydrogens is 366 g/mol. The standard InChI is InChI=1S/C23H25N3O3/c1-15-5-7-18-17(14-29-21(18)11-15)13-22(27)25-19-12-16(23(24)28)6-8-20(19)26-9-3-2-4-10-26/h5-8,11-12,14H,2-4,9-10,13H2,1H3,(H2,24,28)(H,25,27). The molecule has 6 nitrogen and oxygen atoms in total. The highest BCUT2D eigenvalue weighted by Gasteiger charge is 2.18. The third kappa shape index (κ3) is 4.11. The summed E-state index contributed by atoms with van der Waals surface area (Å²) >= 11 is 0. The van der Waals surface area contributed by atoms with Gasteiger partial charge in [0, 0.05) is 29.6 Å². The Morgan fingerprint density at radius 3 is 2.66 bits per heavy atom. The van der Waals surface area contributed by atoms with Gasteiger partial charge in [0.1, 0.15) is 5.58 Å². The predicted molar refractivity (Wildman–Crippen MR) is 114 cm³/mol. The first-order valence-corrected chi connectivity index (χ1v) is 9.96. The number of hydrogen-bond donors (Lipinski definition) is 2.